The largest absolute Gasteiger partial charge is 0.393 e. The SMILES string of the molecule is CCNC(C)c1cc(Br)ccc1N(C)CCC(C)O. The van der Waals surface area contributed by atoms with Gasteiger partial charge in [-0.2, -0.15) is 0 Å². The summed E-state index contributed by atoms with van der Waals surface area (Å²) >= 11 is 3.54. The average Bonchev–Trinajstić information content (AvgIpc) is 2.36. The smallest absolute Gasteiger partial charge is 0.0528 e. The van der Waals surface area contributed by atoms with Crippen LogP contribution in [0.3, 0.4) is 0 Å². The normalized spacial score (nSPS) is 14.2. The van der Waals surface area contributed by atoms with E-state index in [-0.39, 0.29) is 6.10 Å². The van der Waals surface area contributed by atoms with Crippen LogP contribution in [0.15, 0.2) is 22.7 Å². The number of rotatable bonds is 7. The van der Waals surface area contributed by atoms with Crippen molar-refractivity contribution in [2.45, 2.75) is 39.3 Å². The van der Waals surface area contributed by atoms with E-state index in [2.05, 4.69) is 65.2 Å². The van der Waals surface area contributed by atoms with Gasteiger partial charge in [-0.05, 0) is 50.6 Å². The quantitative estimate of drug-likeness (QED) is 0.805. The fourth-order valence-corrected chi connectivity index (χ4v) is 2.52. The highest BCUT2D eigenvalue weighted by molar-refractivity contribution is 9.10. The Balaban J connectivity index is 2.92. The number of benzene rings is 1. The Morgan fingerprint density at radius 2 is 2.05 bits per heavy atom. The Bertz CT molecular complexity index is 396. The molecule has 1 rings (SSSR count). The second-order valence-corrected chi connectivity index (χ2v) is 5.96. The second kappa shape index (κ2) is 7.88. The van der Waals surface area contributed by atoms with Crippen LogP contribution in [-0.2, 0) is 0 Å². The zero-order chi connectivity index (χ0) is 14.4. The molecule has 0 aliphatic carbocycles. The Kier molecular flexibility index (Phi) is 6.83. The van der Waals surface area contributed by atoms with E-state index < -0.39 is 0 Å². The predicted octanol–water partition coefficient (Wildman–Crippen LogP) is 3.33. The Labute approximate surface area is 125 Å². The van der Waals surface area contributed by atoms with E-state index in [9.17, 15) is 5.11 Å². The van der Waals surface area contributed by atoms with E-state index in [1.165, 1.54) is 11.3 Å². The molecule has 2 atom stereocenters. The van der Waals surface area contributed by atoms with Crippen LogP contribution < -0.4 is 10.2 Å². The monoisotopic (exact) mass is 328 g/mol. The molecule has 1 aromatic rings. The van der Waals surface area contributed by atoms with Crippen molar-refractivity contribution >= 4 is 21.6 Å². The lowest BCUT2D eigenvalue weighted by atomic mass is 10.0. The molecule has 0 spiro atoms. The van der Waals surface area contributed by atoms with Gasteiger partial charge >= 0.3 is 0 Å². The molecule has 2 N–H and O–H groups in total. The molecule has 108 valence electrons. The fraction of sp³-hybridized carbons (Fsp3) is 0.600. The molecule has 0 saturated heterocycles. The minimum absolute atomic E-state index is 0.257. The van der Waals surface area contributed by atoms with Crippen molar-refractivity contribution in [2.24, 2.45) is 0 Å². The van der Waals surface area contributed by atoms with Gasteiger partial charge in [0.1, 0.15) is 0 Å². The summed E-state index contributed by atoms with van der Waals surface area (Å²) in [6, 6.07) is 6.68. The van der Waals surface area contributed by atoms with E-state index in [1.54, 1.807) is 0 Å². The van der Waals surface area contributed by atoms with Crippen LogP contribution in [-0.4, -0.2) is 31.3 Å². The Morgan fingerprint density at radius 1 is 1.37 bits per heavy atom. The Hall–Kier alpha value is -0.580. The van der Waals surface area contributed by atoms with E-state index >= 15 is 0 Å². The third kappa shape index (κ3) is 5.13. The maximum absolute atomic E-state index is 9.41. The molecule has 4 heteroatoms. The lowest BCUT2D eigenvalue weighted by Crippen LogP contribution is -2.25. The molecule has 3 nitrogen and oxygen atoms in total. The number of anilines is 1. The maximum atomic E-state index is 9.41. The van der Waals surface area contributed by atoms with Crippen LogP contribution in [0.2, 0.25) is 0 Å². The van der Waals surface area contributed by atoms with Gasteiger partial charge in [-0.25, -0.2) is 0 Å². The molecular formula is C15H25BrN2O. The molecule has 0 fully saturated rings. The highest BCUT2D eigenvalue weighted by Gasteiger charge is 2.13. The van der Waals surface area contributed by atoms with Gasteiger partial charge in [0.25, 0.3) is 0 Å². The standard InChI is InChI=1S/C15H25BrN2O/c1-5-17-12(3)14-10-13(16)6-7-15(14)18(4)9-8-11(2)19/h6-7,10-12,17,19H,5,8-9H2,1-4H3. The molecule has 0 radical (unpaired) electrons. The zero-order valence-corrected chi connectivity index (χ0v) is 13.9. The highest BCUT2D eigenvalue weighted by atomic mass is 79.9. The number of aliphatic hydroxyl groups is 1. The molecule has 0 heterocycles. The van der Waals surface area contributed by atoms with Crippen LogP contribution in [0.25, 0.3) is 0 Å². The van der Waals surface area contributed by atoms with Crippen LogP contribution in [0.1, 0.15) is 38.8 Å². The number of hydrogen-bond donors (Lipinski definition) is 2. The summed E-state index contributed by atoms with van der Waals surface area (Å²) in [6.07, 6.45) is 0.522. The van der Waals surface area contributed by atoms with E-state index in [0.29, 0.717) is 6.04 Å². The summed E-state index contributed by atoms with van der Waals surface area (Å²) in [7, 11) is 2.08. The highest BCUT2D eigenvalue weighted by Crippen LogP contribution is 2.29. The lowest BCUT2D eigenvalue weighted by Gasteiger charge is -2.26. The predicted molar refractivity (Wildman–Crippen MR) is 85.8 cm³/mol. The molecule has 0 amide bonds. The van der Waals surface area contributed by atoms with Gasteiger partial charge in [-0.15, -0.1) is 0 Å². The molecule has 0 saturated carbocycles. The van der Waals surface area contributed by atoms with Crippen molar-refractivity contribution in [3.63, 3.8) is 0 Å². The molecular weight excluding hydrogens is 304 g/mol. The summed E-state index contributed by atoms with van der Waals surface area (Å²) in [4.78, 5) is 2.21. The van der Waals surface area contributed by atoms with Gasteiger partial charge in [0.15, 0.2) is 0 Å². The number of nitrogens with one attached hydrogen (secondary N) is 1. The average molecular weight is 329 g/mol. The first kappa shape index (κ1) is 16.5. The van der Waals surface area contributed by atoms with Gasteiger partial charge in [-0.1, -0.05) is 22.9 Å². The third-order valence-electron chi connectivity index (χ3n) is 3.26. The molecule has 0 bridgehead atoms. The fourth-order valence-electron chi connectivity index (χ4n) is 2.14. The van der Waals surface area contributed by atoms with Crippen molar-refractivity contribution in [1.82, 2.24) is 5.32 Å². The molecule has 0 aliphatic rings. The van der Waals surface area contributed by atoms with E-state index in [0.717, 1.165) is 24.0 Å². The summed E-state index contributed by atoms with van der Waals surface area (Å²) in [5, 5.41) is 12.9. The van der Waals surface area contributed by atoms with Gasteiger partial charge in [-0.3, -0.25) is 0 Å². The molecule has 1 aromatic carbocycles. The number of halogens is 1. The third-order valence-corrected chi connectivity index (χ3v) is 3.75. The minimum Gasteiger partial charge on any atom is -0.393 e. The topological polar surface area (TPSA) is 35.5 Å². The van der Waals surface area contributed by atoms with E-state index in [1.807, 2.05) is 6.92 Å². The van der Waals surface area contributed by atoms with Crippen LogP contribution >= 0.6 is 15.9 Å². The molecule has 2 unspecified atom stereocenters. The number of aliphatic hydroxyl groups excluding tert-OH is 1. The van der Waals surface area contributed by atoms with Gasteiger partial charge in [0, 0.05) is 29.8 Å². The molecule has 19 heavy (non-hydrogen) atoms. The summed E-state index contributed by atoms with van der Waals surface area (Å²) in [5.41, 5.74) is 2.50. The Morgan fingerprint density at radius 3 is 2.63 bits per heavy atom. The molecule has 0 aliphatic heterocycles. The number of nitrogens with zero attached hydrogens (tertiary/aromatic N) is 1. The van der Waals surface area contributed by atoms with Gasteiger partial charge in [0.05, 0.1) is 6.10 Å². The summed E-state index contributed by atoms with van der Waals surface area (Å²) < 4.78 is 1.10. The first-order chi connectivity index (χ1) is 8.95. The van der Waals surface area contributed by atoms with Crippen LogP contribution in [0.4, 0.5) is 5.69 Å². The molecule has 0 aromatic heterocycles. The van der Waals surface area contributed by atoms with Gasteiger partial charge < -0.3 is 15.3 Å². The van der Waals surface area contributed by atoms with E-state index in [4.69, 9.17) is 0 Å². The number of hydrogen-bond acceptors (Lipinski definition) is 3. The van der Waals surface area contributed by atoms with Crippen molar-refractivity contribution in [2.75, 3.05) is 25.0 Å². The second-order valence-electron chi connectivity index (χ2n) is 5.04. The summed E-state index contributed by atoms with van der Waals surface area (Å²) in [5.74, 6) is 0. The van der Waals surface area contributed by atoms with Crippen LogP contribution in [0, 0.1) is 0 Å². The zero-order valence-electron chi connectivity index (χ0n) is 12.3. The first-order valence-electron chi connectivity index (χ1n) is 6.87. The van der Waals surface area contributed by atoms with Crippen molar-refractivity contribution < 1.29 is 5.11 Å². The van der Waals surface area contributed by atoms with Crippen molar-refractivity contribution in [3.8, 4) is 0 Å². The summed E-state index contributed by atoms with van der Waals surface area (Å²) in [6.45, 7) is 7.93. The van der Waals surface area contributed by atoms with Crippen molar-refractivity contribution in [1.29, 1.82) is 0 Å². The van der Waals surface area contributed by atoms with Crippen molar-refractivity contribution in [3.05, 3.63) is 28.2 Å². The first-order valence-corrected chi connectivity index (χ1v) is 7.67. The van der Waals surface area contributed by atoms with Crippen LogP contribution in [0.5, 0.6) is 0 Å². The van der Waals surface area contributed by atoms with Gasteiger partial charge in [0.2, 0.25) is 0 Å². The maximum Gasteiger partial charge on any atom is 0.0528 e. The minimum atomic E-state index is -0.257. The lowest BCUT2D eigenvalue weighted by molar-refractivity contribution is 0.187.